The zero-order chi connectivity index (χ0) is 18.7. The predicted molar refractivity (Wildman–Crippen MR) is 106 cm³/mol. The highest BCUT2D eigenvalue weighted by Crippen LogP contribution is 2.28. The lowest BCUT2D eigenvalue weighted by molar-refractivity contribution is -0.114. The molecule has 0 aliphatic heterocycles. The summed E-state index contributed by atoms with van der Waals surface area (Å²) in [5.41, 5.74) is 2.44. The molecule has 0 unspecified atom stereocenters. The lowest BCUT2D eigenvalue weighted by Gasteiger charge is -2.05. The number of amides is 2. The molecule has 1 aromatic heterocycles. The van der Waals surface area contributed by atoms with E-state index in [0.717, 1.165) is 5.56 Å². The summed E-state index contributed by atoms with van der Waals surface area (Å²) in [6.07, 6.45) is 0. The second-order valence-electron chi connectivity index (χ2n) is 5.41. The van der Waals surface area contributed by atoms with Crippen LogP contribution < -0.4 is 10.6 Å². The van der Waals surface area contributed by atoms with Crippen molar-refractivity contribution < 1.29 is 14.7 Å². The van der Waals surface area contributed by atoms with Crippen molar-refractivity contribution in [2.75, 3.05) is 10.6 Å². The Morgan fingerprint density at radius 1 is 1.12 bits per heavy atom. The summed E-state index contributed by atoms with van der Waals surface area (Å²) in [7, 11) is 0. The molecule has 8 heteroatoms. The minimum atomic E-state index is -0.439. The van der Waals surface area contributed by atoms with Gasteiger partial charge in [-0.1, -0.05) is 28.1 Å². The lowest BCUT2D eigenvalue weighted by atomic mass is 10.1. The van der Waals surface area contributed by atoms with Gasteiger partial charge in [0.25, 0.3) is 5.91 Å². The van der Waals surface area contributed by atoms with E-state index in [9.17, 15) is 14.7 Å². The van der Waals surface area contributed by atoms with Crippen molar-refractivity contribution >= 4 is 49.9 Å². The van der Waals surface area contributed by atoms with E-state index < -0.39 is 5.91 Å². The number of nitrogens with one attached hydrogen (secondary N) is 2. The predicted octanol–water partition coefficient (Wildman–Crippen LogP) is 4.49. The number of rotatable bonds is 4. The summed E-state index contributed by atoms with van der Waals surface area (Å²) in [5.74, 6) is -0.672. The first-order chi connectivity index (χ1) is 12.4. The van der Waals surface area contributed by atoms with Crippen LogP contribution in [0, 0.1) is 0 Å². The second-order valence-corrected chi connectivity index (χ2v) is 7.19. The lowest BCUT2D eigenvalue weighted by Crippen LogP contribution is -2.11. The molecule has 0 saturated heterocycles. The highest BCUT2D eigenvalue weighted by Gasteiger charge is 2.14. The first-order valence-electron chi connectivity index (χ1n) is 7.56. The molecule has 0 atom stereocenters. The van der Waals surface area contributed by atoms with Gasteiger partial charge in [-0.2, -0.15) is 0 Å². The normalized spacial score (nSPS) is 10.4. The molecule has 2 aromatic carbocycles. The van der Waals surface area contributed by atoms with Gasteiger partial charge >= 0.3 is 0 Å². The zero-order valence-electron chi connectivity index (χ0n) is 13.6. The van der Waals surface area contributed by atoms with Gasteiger partial charge in [-0.3, -0.25) is 14.9 Å². The Labute approximate surface area is 162 Å². The van der Waals surface area contributed by atoms with Crippen LogP contribution in [0.2, 0.25) is 0 Å². The number of benzene rings is 2. The molecule has 0 aliphatic rings. The number of nitrogens with zero attached hydrogens (tertiary/aromatic N) is 1. The third-order valence-electron chi connectivity index (χ3n) is 3.43. The minimum absolute atomic E-state index is 0.101. The highest BCUT2D eigenvalue weighted by molar-refractivity contribution is 9.10. The molecule has 26 heavy (non-hydrogen) atoms. The number of phenolic OH excluding ortho intramolecular Hbond substituents is 1. The SMILES string of the molecule is CC(=O)Nc1ccc(-c2csc(NC(=O)c3cc(Br)ccc3O)n2)cc1. The number of phenols is 1. The van der Waals surface area contributed by atoms with Crippen molar-refractivity contribution in [2.45, 2.75) is 6.92 Å². The number of aromatic nitrogens is 1. The summed E-state index contributed by atoms with van der Waals surface area (Å²) < 4.78 is 0.694. The van der Waals surface area contributed by atoms with Crippen molar-refractivity contribution in [2.24, 2.45) is 0 Å². The van der Waals surface area contributed by atoms with E-state index in [-0.39, 0.29) is 17.2 Å². The minimum Gasteiger partial charge on any atom is -0.507 e. The Kier molecular flexibility index (Phi) is 5.34. The first kappa shape index (κ1) is 18.1. The fourth-order valence-corrected chi connectivity index (χ4v) is 3.32. The maximum Gasteiger partial charge on any atom is 0.261 e. The molecule has 2 amide bonds. The van der Waals surface area contributed by atoms with E-state index in [4.69, 9.17) is 0 Å². The third kappa shape index (κ3) is 4.27. The fourth-order valence-electron chi connectivity index (χ4n) is 2.25. The summed E-state index contributed by atoms with van der Waals surface area (Å²) in [6.45, 7) is 1.45. The van der Waals surface area contributed by atoms with Gasteiger partial charge in [0.2, 0.25) is 5.91 Å². The van der Waals surface area contributed by atoms with Crippen LogP contribution in [0.1, 0.15) is 17.3 Å². The van der Waals surface area contributed by atoms with Gasteiger partial charge in [0.15, 0.2) is 5.13 Å². The van der Waals surface area contributed by atoms with Gasteiger partial charge in [0.1, 0.15) is 5.75 Å². The topological polar surface area (TPSA) is 91.3 Å². The van der Waals surface area contributed by atoms with Crippen LogP contribution >= 0.6 is 27.3 Å². The molecule has 3 rings (SSSR count). The van der Waals surface area contributed by atoms with Crippen LogP contribution in [0.4, 0.5) is 10.8 Å². The Morgan fingerprint density at radius 3 is 2.54 bits per heavy atom. The van der Waals surface area contributed by atoms with Gasteiger partial charge in [0, 0.05) is 28.0 Å². The smallest absolute Gasteiger partial charge is 0.261 e. The highest BCUT2D eigenvalue weighted by atomic mass is 79.9. The Bertz CT molecular complexity index is 970. The molecule has 0 radical (unpaired) electrons. The van der Waals surface area contributed by atoms with E-state index >= 15 is 0 Å². The van der Waals surface area contributed by atoms with Crippen molar-refractivity contribution in [3.63, 3.8) is 0 Å². The number of aromatic hydroxyl groups is 1. The Hall–Kier alpha value is -2.71. The molecule has 132 valence electrons. The van der Waals surface area contributed by atoms with Crippen molar-refractivity contribution in [1.82, 2.24) is 4.98 Å². The molecule has 3 N–H and O–H groups in total. The molecule has 0 fully saturated rings. The molecule has 0 spiro atoms. The number of anilines is 2. The van der Waals surface area contributed by atoms with Gasteiger partial charge in [-0.25, -0.2) is 4.98 Å². The number of hydrogen-bond donors (Lipinski definition) is 3. The molecule has 0 aliphatic carbocycles. The summed E-state index contributed by atoms with van der Waals surface area (Å²) in [6, 6.07) is 11.9. The van der Waals surface area contributed by atoms with Crippen LogP contribution in [-0.4, -0.2) is 21.9 Å². The number of halogens is 1. The monoisotopic (exact) mass is 431 g/mol. The molecular weight excluding hydrogens is 418 g/mol. The number of thiazole rings is 1. The molecular formula is C18H14BrN3O3S. The van der Waals surface area contributed by atoms with Crippen LogP contribution in [0.3, 0.4) is 0 Å². The largest absolute Gasteiger partial charge is 0.507 e. The van der Waals surface area contributed by atoms with E-state index in [1.807, 2.05) is 17.5 Å². The number of hydrogen-bond acceptors (Lipinski definition) is 5. The van der Waals surface area contributed by atoms with Gasteiger partial charge in [0.05, 0.1) is 11.3 Å². The van der Waals surface area contributed by atoms with Crippen LogP contribution in [-0.2, 0) is 4.79 Å². The molecule has 0 saturated carbocycles. The van der Waals surface area contributed by atoms with Crippen molar-refractivity contribution in [1.29, 1.82) is 0 Å². The van der Waals surface area contributed by atoms with E-state index in [1.54, 1.807) is 24.3 Å². The van der Waals surface area contributed by atoms with E-state index in [1.165, 1.54) is 24.3 Å². The zero-order valence-corrected chi connectivity index (χ0v) is 16.0. The summed E-state index contributed by atoms with van der Waals surface area (Å²) in [5, 5.41) is 17.5. The number of carbonyl (C=O) groups is 2. The fraction of sp³-hybridized carbons (Fsp3) is 0.0556. The standard InChI is InChI=1S/C18H14BrN3O3S/c1-10(23)20-13-5-2-11(3-6-13)15-9-26-18(21-15)22-17(25)14-8-12(19)4-7-16(14)24/h2-9,24H,1H3,(H,20,23)(H,21,22,25). The van der Waals surface area contributed by atoms with Gasteiger partial charge in [-0.15, -0.1) is 11.3 Å². The molecule has 3 aromatic rings. The summed E-state index contributed by atoms with van der Waals surface area (Å²) in [4.78, 5) is 27.8. The second kappa shape index (κ2) is 7.67. The quantitative estimate of drug-likeness (QED) is 0.567. The van der Waals surface area contributed by atoms with Gasteiger partial charge < -0.3 is 10.4 Å². The van der Waals surface area contributed by atoms with E-state index in [0.29, 0.717) is 21.0 Å². The van der Waals surface area contributed by atoms with Crippen LogP contribution in [0.15, 0.2) is 52.3 Å². The Balaban J connectivity index is 1.74. The first-order valence-corrected chi connectivity index (χ1v) is 9.23. The molecule has 0 bridgehead atoms. The van der Waals surface area contributed by atoms with Gasteiger partial charge in [-0.05, 0) is 30.3 Å². The van der Waals surface area contributed by atoms with Crippen LogP contribution in [0.5, 0.6) is 5.75 Å². The Morgan fingerprint density at radius 2 is 1.85 bits per heavy atom. The average Bonchev–Trinajstić information content (AvgIpc) is 3.05. The van der Waals surface area contributed by atoms with Crippen LogP contribution in [0.25, 0.3) is 11.3 Å². The number of carbonyl (C=O) groups excluding carboxylic acids is 2. The van der Waals surface area contributed by atoms with Crippen molar-refractivity contribution in [3.8, 4) is 17.0 Å². The van der Waals surface area contributed by atoms with Crippen molar-refractivity contribution in [3.05, 3.63) is 57.9 Å². The average molecular weight is 432 g/mol. The maximum absolute atomic E-state index is 12.3. The molecule has 1 heterocycles. The molecule has 6 nitrogen and oxygen atoms in total. The van der Waals surface area contributed by atoms with E-state index in [2.05, 4.69) is 31.5 Å². The third-order valence-corrected chi connectivity index (χ3v) is 4.68. The summed E-state index contributed by atoms with van der Waals surface area (Å²) >= 11 is 4.56. The maximum atomic E-state index is 12.3.